The lowest BCUT2D eigenvalue weighted by Gasteiger charge is -2.32. The van der Waals surface area contributed by atoms with E-state index in [0.717, 1.165) is 16.6 Å². The summed E-state index contributed by atoms with van der Waals surface area (Å²) in [6.07, 6.45) is 2.34. The molecule has 0 radical (unpaired) electrons. The fourth-order valence-electron chi connectivity index (χ4n) is 4.25. The van der Waals surface area contributed by atoms with Crippen LogP contribution in [0.2, 0.25) is 0 Å². The van der Waals surface area contributed by atoms with Crippen LogP contribution in [-0.2, 0) is 17.4 Å². The van der Waals surface area contributed by atoms with E-state index in [1.54, 1.807) is 25.8 Å². The lowest BCUT2D eigenvalue weighted by molar-refractivity contribution is -0.144. The van der Waals surface area contributed by atoms with Crippen LogP contribution < -0.4 is 0 Å². The molecular formula is C21H31F3N6O. The Morgan fingerprint density at radius 2 is 1.77 bits per heavy atom. The summed E-state index contributed by atoms with van der Waals surface area (Å²) in [6.45, 7) is 4.88. The van der Waals surface area contributed by atoms with Gasteiger partial charge in [-0.15, -0.1) is 5.10 Å². The Labute approximate surface area is 180 Å². The first-order valence-corrected chi connectivity index (χ1v) is 10.8. The van der Waals surface area contributed by atoms with E-state index in [1.807, 2.05) is 0 Å². The molecule has 0 atom stereocenters. The molecule has 1 fully saturated rings. The van der Waals surface area contributed by atoms with Gasteiger partial charge in [-0.25, -0.2) is 9.50 Å². The van der Waals surface area contributed by atoms with Gasteiger partial charge in [0.05, 0.1) is 0 Å². The third-order valence-corrected chi connectivity index (χ3v) is 6.30. The molecule has 3 rings (SSSR count). The summed E-state index contributed by atoms with van der Waals surface area (Å²) in [5.74, 6) is -1.29. The minimum atomic E-state index is -4.63. The molecule has 1 aliphatic carbocycles. The molecule has 0 aromatic carbocycles. The van der Waals surface area contributed by atoms with Crippen molar-refractivity contribution in [3.8, 4) is 0 Å². The highest BCUT2D eigenvalue weighted by molar-refractivity contribution is 5.76. The number of carbonyl (C=O) groups excluding carboxylic acids is 1. The Morgan fingerprint density at radius 1 is 1.10 bits per heavy atom. The number of aryl methyl sites for hydroxylation is 2. The van der Waals surface area contributed by atoms with Gasteiger partial charge in [-0.3, -0.25) is 4.79 Å². The number of nitrogens with zero attached hydrogens (tertiary/aromatic N) is 6. The summed E-state index contributed by atoms with van der Waals surface area (Å²) in [5, 5.41) is 3.56. The lowest BCUT2D eigenvalue weighted by Crippen LogP contribution is -2.40. The molecule has 1 amide bonds. The Kier molecular flexibility index (Phi) is 7.18. The normalized spacial score (nSPS) is 15.7. The number of halogens is 3. The standard InChI is InChI=1S/C21H31F3N6O/c1-14-17(15(2)30-20(25-14)26-19(27-30)21(22,23)24)10-11-18(31)29(4)13-12-28(3)16-8-6-5-7-9-16/h16H,5-13H2,1-4H3. The summed E-state index contributed by atoms with van der Waals surface area (Å²) < 4.78 is 39.9. The van der Waals surface area contributed by atoms with Crippen molar-refractivity contribution in [1.29, 1.82) is 0 Å². The number of fused-ring (bicyclic) bond motifs is 1. The quantitative estimate of drug-likeness (QED) is 0.660. The van der Waals surface area contributed by atoms with E-state index >= 15 is 0 Å². The molecular weight excluding hydrogens is 409 g/mol. The maximum Gasteiger partial charge on any atom is 0.453 e. The molecule has 172 valence electrons. The third-order valence-electron chi connectivity index (χ3n) is 6.30. The molecule has 2 aromatic heterocycles. The molecule has 10 heteroatoms. The van der Waals surface area contributed by atoms with Crippen LogP contribution in [0.25, 0.3) is 5.78 Å². The van der Waals surface area contributed by atoms with Gasteiger partial charge in [0.2, 0.25) is 5.91 Å². The van der Waals surface area contributed by atoms with E-state index < -0.39 is 12.0 Å². The second-order valence-corrected chi connectivity index (χ2v) is 8.49. The molecule has 0 aliphatic heterocycles. The highest BCUT2D eigenvalue weighted by Crippen LogP contribution is 2.27. The van der Waals surface area contributed by atoms with E-state index in [9.17, 15) is 18.0 Å². The number of hydrogen-bond acceptors (Lipinski definition) is 5. The number of rotatable bonds is 7. The van der Waals surface area contributed by atoms with Gasteiger partial charge in [-0.2, -0.15) is 18.2 Å². The fourth-order valence-corrected chi connectivity index (χ4v) is 4.25. The topological polar surface area (TPSA) is 66.6 Å². The molecule has 1 aliphatic rings. The van der Waals surface area contributed by atoms with Gasteiger partial charge < -0.3 is 9.80 Å². The first-order valence-electron chi connectivity index (χ1n) is 10.8. The highest BCUT2D eigenvalue weighted by atomic mass is 19.4. The van der Waals surface area contributed by atoms with Gasteiger partial charge >= 0.3 is 6.18 Å². The van der Waals surface area contributed by atoms with Gasteiger partial charge in [0, 0.05) is 44.0 Å². The second kappa shape index (κ2) is 9.50. The maximum absolute atomic E-state index is 12.9. The first kappa shape index (κ1) is 23.4. The van der Waals surface area contributed by atoms with E-state index in [1.165, 1.54) is 32.1 Å². The SMILES string of the molecule is Cc1nc2nc(C(F)(F)F)nn2c(C)c1CCC(=O)N(C)CCN(C)C1CCCCC1. The molecule has 1 saturated carbocycles. The molecule has 0 spiro atoms. The molecule has 0 saturated heterocycles. The number of likely N-dealkylation sites (N-methyl/N-ethyl adjacent to an activating group) is 2. The van der Waals surface area contributed by atoms with Crippen LogP contribution in [0.15, 0.2) is 0 Å². The monoisotopic (exact) mass is 440 g/mol. The van der Waals surface area contributed by atoms with Gasteiger partial charge in [0.1, 0.15) is 0 Å². The molecule has 2 aromatic rings. The smallest absolute Gasteiger partial charge is 0.344 e. The zero-order chi connectivity index (χ0) is 22.8. The van der Waals surface area contributed by atoms with E-state index in [4.69, 9.17) is 0 Å². The maximum atomic E-state index is 12.9. The average Bonchev–Trinajstić information content (AvgIpc) is 3.16. The zero-order valence-corrected chi connectivity index (χ0v) is 18.7. The summed E-state index contributed by atoms with van der Waals surface area (Å²) in [6, 6.07) is 0.602. The van der Waals surface area contributed by atoms with Crippen LogP contribution in [0, 0.1) is 13.8 Å². The first-order chi connectivity index (χ1) is 14.6. The Balaban J connectivity index is 1.60. The number of amides is 1. The predicted molar refractivity (Wildman–Crippen MR) is 111 cm³/mol. The van der Waals surface area contributed by atoms with Crippen molar-refractivity contribution in [2.24, 2.45) is 0 Å². The van der Waals surface area contributed by atoms with Gasteiger partial charge in [-0.05, 0) is 45.7 Å². The minimum absolute atomic E-state index is 0.00510. The molecule has 0 unspecified atom stereocenters. The summed E-state index contributed by atoms with van der Waals surface area (Å²) in [7, 11) is 3.92. The zero-order valence-electron chi connectivity index (χ0n) is 18.7. The Hall–Kier alpha value is -2.23. The van der Waals surface area contributed by atoms with Crippen LogP contribution >= 0.6 is 0 Å². The van der Waals surface area contributed by atoms with Crippen molar-refractivity contribution in [1.82, 2.24) is 29.4 Å². The predicted octanol–water partition coefficient (Wildman–Crippen LogP) is 3.42. The number of alkyl halides is 3. The van der Waals surface area contributed by atoms with E-state index in [2.05, 4.69) is 27.0 Å². The fraction of sp³-hybridized carbons (Fsp3) is 0.714. The number of hydrogen-bond donors (Lipinski definition) is 0. The van der Waals surface area contributed by atoms with Crippen LogP contribution in [-0.4, -0.2) is 68.5 Å². The average molecular weight is 441 g/mol. The van der Waals surface area contributed by atoms with Crippen molar-refractivity contribution < 1.29 is 18.0 Å². The lowest BCUT2D eigenvalue weighted by atomic mass is 9.94. The summed E-state index contributed by atoms with van der Waals surface area (Å²) in [4.78, 5) is 24.4. The van der Waals surface area contributed by atoms with E-state index in [-0.39, 0.29) is 18.1 Å². The van der Waals surface area contributed by atoms with Crippen LogP contribution in [0.1, 0.15) is 61.3 Å². The second-order valence-electron chi connectivity index (χ2n) is 8.49. The Morgan fingerprint density at radius 3 is 2.42 bits per heavy atom. The van der Waals surface area contributed by atoms with Crippen LogP contribution in [0.3, 0.4) is 0 Å². The van der Waals surface area contributed by atoms with Gasteiger partial charge in [-0.1, -0.05) is 19.3 Å². The summed E-state index contributed by atoms with van der Waals surface area (Å²) >= 11 is 0. The van der Waals surface area contributed by atoms with Gasteiger partial charge in [0.15, 0.2) is 0 Å². The third kappa shape index (κ3) is 5.53. The largest absolute Gasteiger partial charge is 0.453 e. The molecule has 2 heterocycles. The van der Waals surface area contributed by atoms with Crippen molar-refractivity contribution >= 4 is 11.7 Å². The summed E-state index contributed by atoms with van der Waals surface area (Å²) in [5.41, 5.74) is 1.82. The number of carbonyl (C=O) groups is 1. The van der Waals surface area contributed by atoms with E-state index in [0.29, 0.717) is 30.4 Å². The number of aromatic nitrogens is 4. The molecule has 31 heavy (non-hydrogen) atoms. The molecule has 0 bridgehead atoms. The Bertz CT molecular complexity index is 920. The molecule has 0 N–H and O–H groups in total. The van der Waals surface area contributed by atoms with Crippen LogP contribution in [0.4, 0.5) is 13.2 Å². The molecule has 7 nitrogen and oxygen atoms in total. The van der Waals surface area contributed by atoms with Crippen molar-refractivity contribution in [2.45, 2.75) is 71.0 Å². The van der Waals surface area contributed by atoms with Crippen LogP contribution in [0.5, 0.6) is 0 Å². The van der Waals surface area contributed by atoms with Gasteiger partial charge in [0.25, 0.3) is 11.6 Å². The van der Waals surface area contributed by atoms with Crippen molar-refractivity contribution in [2.75, 3.05) is 27.2 Å². The van der Waals surface area contributed by atoms with Crippen molar-refractivity contribution in [3.05, 3.63) is 22.8 Å². The van der Waals surface area contributed by atoms with Crippen molar-refractivity contribution in [3.63, 3.8) is 0 Å². The minimum Gasteiger partial charge on any atom is -0.344 e. The highest BCUT2D eigenvalue weighted by Gasteiger charge is 2.37.